The van der Waals surface area contributed by atoms with Crippen LogP contribution in [0.4, 0.5) is 0 Å². The van der Waals surface area contributed by atoms with Crippen LogP contribution in [0.3, 0.4) is 0 Å². The molecule has 0 saturated carbocycles. The van der Waals surface area contributed by atoms with Crippen molar-refractivity contribution in [3.8, 4) is 0 Å². The standard InChI is InChI=1S/C13H16O4/c1-5-11-7-6-8(2)16-12(14)9(3)10(4)13(15)17-11/h6-7H,5H2,1-4H3. The molecule has 0 N–H and O–H groups in total. The summed E-state index contributed by atoms with van der Waals surface area (Å²) in [6, 6.07) is 3.24. The first kappa shape index (κ1) is 13.2. The molecule has 92 valence electrons. The molecule has 0 unspecified atom stereocenters. The van der Waals surface area contributed by atoms with Gasteiger partial charge in [-0.25, -0.2) is 9.59 Å². The van der Waals surface area contributed by atoms with E-state index < -0.39 is 11.3 Å². The van der Waals surface area contributed by atoms with E-state index in [1.54, 1.807) is 32.9 Å². The normalized spacial score (nSPS) is 9.88. The molecular formula is C13H16O4. The van der Waals surface area contributed by atoms with Crippen LogP contribution < -0.4 is 11.3 Å². The van der Waals surface area contributed by atoms with Crippen molar-refractivity contribution in [1.82, 2.24) is 0 Å². The van der Waals surface area contributed by atoms with E-state index in [2.05, 4.69) is 0 Å². The van der Waals surface area contributed by atoms with E-state index >= 15 is 0 Å². The van der Waals surface area contributed by atoms with Gasteiger partial charge in [0.2, 0.25) is 0 Å². The Morgan fingerprint density at radius 1 is 0.941 bits per heavy atom. The zero-order valence-corrected chi connectivity index (χ0v) is 10.5. The van der Waals surface area contributed by atoms with Crippen LogP contribution >= 0.6 is 0 Å². The monoisotopic (exact) mass is 236 g/mol. The SMILES string of the molecule is CCc1ccc(C)oc(=O)c(C)c(C)c(=O)o1. The second kappa shape index (κ2) is 5.48. The Labute approximate surface area is 99.2 Å². The lowest BCUT2D eigenvalue weighted by atomic mass is 10.2. The van der Waals surface area contributed by atoms with E-state index in [1.807, 2.05) is 6.92 Å². The van der Waals surface area contributed by atoms with Gasteiger partial charge in [-0.2, -0.15) is 0 Å². The zero-order chi connectivity index (χ0) is 13.0. The van der Waals surface area contributed by atoms with E-state index in [9.17, 15) is 9.59 Å². The third kappa shape index (κ3) is 3.31. The largest absolute Gasteiger partial charge is 0.428 e. The van der Waals surface area contributed by atoms with Crippen molar-refractivity contribution in [2.24, 2.45) is 0 Å². The summed E-state index contributed by atoms with van der Waals surface area (Å²) in [6.45, 7) is 6.65. The van der Waals surface area contributed by atoms with Crippen molar-refractivity contribution >= 4 is 0 Å². The second-order valence-electron chi connectivity index (χ2n) is 3.79. The fourth-order valence-electron chi connectivity index (χ4n) is 1.19. The van der Waals surface area contributed by atoms with Gasteiger partial charge in [-0.05, 0) is 32.9 Å². The number of hydrogen-bond acceptors (Lipinski definition) is 4. The number of rotatable bonds is 1. The Bertz CT molecular complexity index is 577. The maximum absolute atomic E-state index is 11.7. The number of aryl methyl sites for hydroxylation is 2. The summed E-state index contributed by atoms with van der Waals surface area (Å²) in [6.07, 6.45) is 0.593. The van der Waals surface area contributed by atoms with E-state index in [0.29, 0.717) is 17.9 Å². The maximum Gasteiger partial charge on any atom is 0.339 e. The average Bonchev–Trinajstić information content (AvgIpc) is 2.30. The summed E-state index contributed by atoms with van der Waals surface area (Å²) in [4.78, 5) is 23.3. The summed E-state index contributed by atoms with van der Waals surface area (Å²) < 4.78 is 10.2. The van der Waals surface area contributed by atoms with Gasteiger partial charge in [-0.15, -0.1) is 0 Å². The highest BCUT2D eigenvalue weighted by molar-refractivity contribution is 5.15. The molecule has 0 aliphatic carbocycles. The molecule has 0 amide bonds. The molecule has 0 aliphatic rings. The maximum atomic E-state index is 11.7. The Morgan fingerprint density at radius 2 is 1.47 bits per heavy atom. The lowest BCUT2D eigenvalue weighted by molar-refractivity contribution is 0.454. The van der Waals surface area contributed by atoms with Crippen LogP contribution in [0.15, 0.2) is 30.6 Å². The summed E-state index contributed by atoms with van der Waals surface area (Å²) >= 11 is 0. The summed E-state index contributed by atoms with van der Waals surface area (Å²) in [5.74, 6) is 1.01. The highest BCUT2D eigenvalue weighted by atomic mass is 16.4. The second-order valence-corrected chi connectivity index (χ2v) is 3.79. The van der Waals surface area contributed by atoms with Gasteiger partial charge in [0.1, 0.15) is 11.5 Å². The van der Waals surface area contributed by atoms with Crippen molar-refractivity contribution in [1.29, 1.82) is 0 Å². The van der Waals surface area contributed by atoms with Gasteiger partial charge in [-0.3, -0.25) is 0 Å². The van der Waals surface area contributed by atoms with Gasteiger partial charge in [0.25, 0.3) is 0 Å². The average molecular weight is 236 g/mol. The van der Waals surface area contributed by atoms with Gasteiger partial charge in [-0.1, -0.05) is 6.92 Å². The fourth-order valence-corrected chi connectivity index (χ4v) is 1.19. The quantitative estimate of drug-likeness (QED) is 0.750. The van der Waals surface area contributed by atoms with Crippen molar-refractivity contribution in [3.63, 3.8) is 0 Å². The van der Waals surface area contributed by atoms with Gasteiger partial charge >= 0.3 is 11.3 Å². The topological polar surface area (TPSA) is 60.4 Å². The van der Waals surface area contributed by atoms with Crippen LogP contribution in [0.5, 0.6) is 0 Å². The van der Waals surface area contributed by atoms with Crippen molar-refractivity contribution in [2.75, 3.05) is 0 Å². The molecule has 4 nitrogen and oxygen atoms in total. The van der Waals surface area contributed by atoms with Crippen molar-refractivity contribution < 1.29 is 8.83 Å². The molecule has 17 heavy (non-hydrogen) atoms. The predicted molar refractivity (Wildman–Crippen MR) is 64.7 cm³/mol. The molecule has 0 spiro atoms. The fraction of sp³-hybridized carbons (Fsp3) is 0.385. The van der Waals surface area contributed by atoms with E-state index in [-0.39, 0.29) is 11.1 Å². The molecule has 1 rings (SSSR count). The highest BCUT2D eigenvalue weighted by Gasteiger charge is 2.02. The van der Waals surface area contributed by atoms with Crippen molar-refractivity contribution in [3.05, 3.63) is 55.6 Å². The van der Waals surface area contributed by atoms with E-state index in [1.165, 1.54) is 0 Å². The highest BCUT2D eigenvalue weighted by Crippen LogP contribution is 1.98. The summed E-state index contributed by atoms with van der Waals surface area (Å²) in [5, 5.41) is 0. The Morgan fingerprint density at radius 3 is 2.00 bits per heavy atom. The van der Waals surface area contributed by atoms with Crippen LogP contribution in [0, 0.1) is 20.8 Å². The summed E-state index contributed by atoms with van der Waals surface area (Å²) in [5.41, 5.74) is -0.508. The predicted octanol–water partition coefficient (Wildman–Crippen LogP) is 2.21. The third-order valence-electron chi connectivity index (χ3n) is 2.50. The molecule has 0 radical (unpaired) electrons. The van der Waals surface area contributed by atoms with Crippen LogP contribution in [0.25, 0.3) is 0 Å². The minimum atomic E-state index is -0.526. The molecule has 0 saturated heterocycles. The first-order valence-electron chi connectivity index (χ1n) is 5.45. The Balaban J connectivity index is 3.83. The van der Waals surface area contributed by atoms with Gasteiger partial charge < -0.3 is 8.83 Å². The molecule has 1 aromatic rings. The molecule has 0 bridgehead atoms. The van der Waals surface area contributed by atoms with Crippen LogP contribution in [0.1, 0.15) is 29.6 Å². The van der Waals surface area contributed by atoms with Crippen LogP contribution in [-0.2, 0) is 6.42 Å². The number of hydrogen-bond donors (Lipinski definition) is 0. The molecule has 0 fully saturated rings. The van der Waals surface area contributed by atoms with E-state index in [4.69, 9.17) is 8.83 Å². The molecule has 0 aromatic carbocycles. The lowest BCUT2D eigenvalue weighted by Crippen LogP contribution is -2.11. The molecule has 1 heterocycles. The molecule has 0 aliphatic heterocycles. The lowest BCUT2D eigenvalue weighted by Gasteiger charge is -1.94. The minimum Gasteiger partial charge on any atom is -0.428 e. The first-order chi connectivity index (χ1) is 7.95. The Kier molecular flexibility index (Phi) is 4.26. The molecular weight excluding hydrogens is 220 g/mol. The van der Waals surface area contributed by atoms with Crippen molar-refractivity contribution in [2.45, 2.75) is 34.1 Å². The molecule has 1 aromatic heterocycles. The smallest absolute Gasteiger partial charge is 0.339 e. The molecule has 4 heteroatoms. The first-order valence-corrected chi connectivity index (χ1v) is 5.45. The van der Waals surface area contributed by atoms with Crippen LogP contribution in [0.2, 0.25) is 0 Å². The zero-order valence-electron chi connectivity index (χ0n) is 10.5. The minimum absolute atomic E-state index is 0.264. The van der Waals surface area contributed by atoms with Gasteiger partial charge in [0.15, 0.2) is 0 Å². The van der Waals surface area contributed by atoms with E-state index in [0.717, 1.165) is 0 Å². The summed E-state index contributed by atoms with van der Waals surface area (Å²) in [7, 11) is 0. The Hall–Kier alpha value is -1.84. The van der Waals surface area contributed by atoms with Crippen LogP contribution in [-0.4, -0.2) is 0 Å². The van der Waals surface area contributed by atoms with Gasteiger partial charge in [0, 0.05) is 17.5 Å². The van der Waals surface area contributed by atoms with Gasteiger partial charge in [0.05, 0.1) is 0 Å². The third-order valence-corrected chi connectivity index (χ3v) is 2.50. The molecule has 0 atom stereocenters.